The van der Waals surface area contributed by atoms with E-state index in [-0.39, 0.29) is 10.0 Å². The molecule has 0 aromatic heterocycles. The molecule has 0 N–H and O–H groups in total. The molecule has 1 aromatic rings. The molecule has 118 valence electrons. The Hall–Kier alpha value is -1.11. The summed E-state index contributed by atoms with van der Waals surface area (Å²) in [6, 6.07) is 2.78. The van der Waals surface area contributed by atoms with E-state index in [0.717, 1.165) is 17.0 Å². The first-order valence-electron chi connectivity index (χ1n) is 6.52. The molecule has 0 unspecified atom stereocenters. The largest absolute Gasteiger partial charge is 0.406 e. The van der Waals surface area contributed by atoms with Gasteiger partial charge >= 0.3 is 6.18 Å². The molecule has 0 bridgehead atoms. The summed E-state index contributed by atoms with van der Waals surface area (Å²) in [7, 11) is 0. The van der Waals surface area contributed by atoms with Gasteiger partial charge in [0.25, 0.3) is 5.91 Å². The zero-order valence-electron chi connectivity index (χ0n) is 11.7. The van der Waals surface area contributed by atoms with E-state index in [1.165, 1.54) is 6.07 Å². The van der Waals surface area contributed by atoms with Crippen LogP contribution in [-0.4, -0.2) is 29.6 Å². The highest BCUT2D eigenvalue weighted by Crippen LogP contribution is 2.25. The van der Waals surface area contributed by atoms with Crippen molar-refractivity contribution in [2.45, 2.75) is 38.9 Å². The Labute approximate surface area is 129 Å². The van der Waals surface area contributed by atoms with Gasteiger partial charge in [0, 0.05) is 10.5 Å². The Bertz CT molecular complexity index is 500. The number of amides is 1. The number of carbonyl (C=O) groups excluding carboxylic acids is 1. The molecule has 21 heavy (non-hydrogen) atoms. The zero-order valence-corrected chi connectivity index (χ0v) is 13.3. The minimum absolute atomic E-state index is 0.0209. The maximum atomic E-state index is 13.0. The lowest BCUT2D eigenvalue weighted by atomic mass is 10.1. The average Bonchev–Trinajstić information content (AvgIpc) is 2.37. The van der Waals surface area contributed by atoms with Gasteiger partial charge in [0.15, 0.2) is 0 Å². The predicted molar refractivity (Wildman–Crippen MR) is 75.6 cm³/mol. The summed E-state index contributed by atoms with van der Waals surface area (Å²) in [6.07, 6.45) is -3.65. The Morgan fingerprint density at radius 3 is 2.29 bits per heavy atom. The Morgan fingerprint density at radius 1 is 1.29 bits per heavy atom. The van der Waals surface area contributed by atoms with Crippen LogP contribution < -0.4 is 0 Å². The number of rotatable bonds is 5. The molecule has 0 aliphatic heterocycles. The molecule has 0 spiro atoms. The summed E-state index contributed by atoms with van der Waals surface area (Å²) in [5.74, 6) is -1.32. The van der Waals surface area contributed by atoms with Crippen LogP contribution in [0.1, 0.15) is 37.0 Å². The second-order valence-corrected chi connectivity index (χ2v) is 5.50. The maximum Gasteiger partial charge on any atom is 0.406 e. The smallest absolute Gasteiger partial charge is 0.327 e. The van der Waals surface area contributed by atoms with E-state index in [1.807, 2.05) is 0 Å². The van der Waals surface area contributed by atoms with E-state index in [4.69, 9.17) is 0 Å². The van der Waals surface area contributed by atoms with E-state index >= 15 is 0 Å². The molecule has 1 rings (SSSR count). The standard InChI is InChI=1S/C14H16BrF4NO/c1-3-10(4-2)20(8-14(17,18)19)13(21)11-6-5-9(16)7-12(11)15/h5-7,10H,3-4,8H2,1-2H3. The fourth-order valence-corrected chi connectivity index (χ4v) is 2.63. The van der Waals surface area contributed by atoms with Crippen LogP contribution in [0.2, 0.25) is 0 Å². The van der Waals surface area contributed by atoms with Crippen LogP contribution in [0, 0.1) is 5.82 Å². The fraction of sp³-hybridized carbons (Fsp3) is 0.500. The Morgan fingerprint density at radius 2 is 1.86 bits per heavy atom. The van der Waals surface area contributed by atoms with Crippen LogP contribution in [0.5, 0.6) is 0 Å². The summed E-state index contributed by atoms with van der Waals surface area (Å²) < 4.78 is 51.3. The van der Waals surface area contributed by atoms with Crippen LogP contribution in [0.15, 0.2) is 22.7 Å². The van der Waals surface area contributed by atoms with Gasteiger partial charge in [-0.15, -0.1) is 0 Å². The summed E-state index contributed by atoms with van der Waals surface area (Å²) in [4.78, 5) is 13.2. The first kappa shape index (κ1) is 17.9. The van der Waals surface area contributed by atoms with Gasteiger partial charge in [-0.3, -0.25) is 4.79 Å². The van der Waals surface area contributed by atoms with Gasteiger partial charge in [0.2, 0.25) is 0 Å². The maximum absolute atomic E-state index is 13.0. The third-order valence-corrected chi connectivity index (χ3v) is 3.81. The van der Waals surface area contributed by atoms with Crippen molar-refractivity contribution in [2.75, 3.05) is 6.54 Å². The molecule has 0 atom stereocenters. The second-order valence-electron chi connectivity index (χ2n) is 4.64. The highest BCUT2D eigenvalue weighted by atomic mass is 79.9. The lowest BCUT2D eigenvalue weighted by molar-refractivity contribution is -0.144. The van der Waals surface area contributed by atoms with Gasteiger partial charge in [-0.25, -0.2) is 4.39 Å². The molecule has 0 saturated carbocycles. The summed E-state index contributed by atoms with van der Waals surface area (Å²) >= 11 is 3.02. The van der Waals surface area contributed by atoms with Gasteiger partial charge in [-0.05, 0) is 47.0 Å². The monoisotopic (exact) mass is 369 g/mol. The number of nitrogens with zero attached hydrogens (tertiary/aromatic N) is 1. The molecule has 1 amide bonds. The molecule has 2 nitrogen and oxygen atoms in total. The fourth-order valence-electron chi connectivity index (χ4n) is 2.11. The van der Waals surface area contributed by atoms with E-state index < -0.39 is 30.5 Å². The van der Waals surface area contributed by atoms with Crippen LogP contribution in [0.25, 0.3) is 0 Å². The van der Waals surface area contributed by atoms with Gasteiger partial charge < -0.3 is 4.90 Å². The van der Waals surface area contributed by atoms with Crippen LogP contribution in [0.4, 0.5) is 17.6 Å². The second kappa shape index (κ2) is 7.24. The number of carbonyl (C=O) groups is 1. The predicted octanol–water partition coefficient (Wildman–Crippen LogP) is 4.78. The van der Waals surface area contributed by atoms with E-state index in [9.17, 15) is 22.4 Å². The van der Waals surface area contributed by atoms with E-state index in [2.05, 4.69) is 15.9 Å². The van der Waals surface area contributed by atoms with Crippen LogP contribution >= 0.6 is 15.9 Å². The molecule has 7 heteroatoms. The topological polar surface area (TPSA) is 20.3 Å². The first-order chi connectivity index (χ1) is 9.69. The molecule has 0 fully saturated rings. The Balaban J connectivity index is 3.15. The molecule has 1 aromatic carbocycles. The minimum Gasteiger partial charge on any atom is -0.327 e. The molecule has 0 aliphatic carbocycles. The van der Waals surface area contributed by atoms with Crippen molar-refractivity contribution in [3.8, 4) is 0 Å². The zero-order chi connectivity index (χ0) is 16.2. The van der Waals surface area contributed by atoms with Gasteiger partial charge in [-0.1, -0.05) is 13.8 Å². The van der Waals surface area contributed by atoms with Crippen molar-refractivity contribution < 1.29 is 22.4 Å². The SMILES string of the molecule is CCC(CC)N(CC(F)(F)F)C(=O)c1ccc(F)cc1Br. The van der Waals surface area contributed by atoms with Crippen LogP contribution in [0.3, 0.4) is 0 Å². The molecular formula is C14H16BrF4NO. The van der Waals surface area contributed by atoms with Crippen molar-refractivity contribution >= 4 is 21.8 Å². The molecule has 0 saturated heterocycles. The minimum atomic E-state index is -4.48. The number of halogens is 5. The number of benzene rings is 1. The summed E-state index contributed by atoms with van der Waals surface area (Å²) in [6.45, 7) is 2.14. The Kier molecular flexibility index (Phi) is 6.19. The molecule has 0 heterocycles. The third kappa shape index (κ3) is 4.98. The van der Waals surface area contributed by atoms with E-state index in [0.29, 0.717) is 12.8 Å². The number of hydrogen-bond donors (Lipinski definition) is 0. The van der Waals surface area contributed by atoms with Crippen molar-refractivity contribution in [3.63, 3.8) is 0 Å². The number of hydrogen-bond acceptors (Lipinski definition) is 1. The van der Waals surface area contributed by atoms with Crippen molar-refractivity contribution in [1.82, 2.24) is 4.90 Å². The highest BCUT2D eigenvalue weighted by Gasteiger charge is 2.36. The van der Waals surface area contributed by atoms with Crippen molar-refractivity contribution in [3.05, 3.63) is 34.1 Å². The molecule has 0 radical (unpaired) electrons. The van der Waals surface area contributed by atoms with Crippen LogP contribution in [-0.2, 0) is 0 Å². The quantitative estimate of drug-likeness (QED) is 0.683. The number of alkyl halides is 3. The van der Waals surface area contributed by atoms with Crippen molar-refractivity contribution in [2.24, 2.45) is 0 Å². The lowest BCUT2D eigenvalue weighted by Crippen LogP contribution is -2.45. The summed E-state index contributed by atoms with van der Waals surface area (Å²) in [5, 5.41) is 0. The first-order valence-corrected chi connectivity index (χ1v) is 7.31. The lowest BCUT2D eigenvalue weighted by Gasteiger charge is -2.31. The van der Waals surface area contributed by atoms with Gasteiger partial charge in [0.05, 0.1) is 5.56 Å². The van der Waals surface area contributed by atoms with Crippen molar-refractivity contribution in [1.29, 1.82) is 0 Å². The highest BCUT2D eigenvalue weighted by molar-refractivity contribution is 9.10. The molecular weight excluding hydrogens is 354 g/mol. The van der Waals surface area contributed by atoms with Gasteiger partial charge in [-0.2, -0.15) is 13.2 Å². The summed E-state index contributed by atoms with van der Waals surface area (Å²) in [5.41, 5.74) is 0.0209. The normalized spacial score (nSPS) is 11.8. The molecule has 0 aliphatic rings. The van der Waals surface area contributed by atoms with E-state index in [1.54, 1.807) is 13.8 Å². The average molecular weight is 370 g/mol. The third-order valence-electron chi connectivity index (χ3n) is 3.16. The van der Waals surface area contributed by atoms with Gasteiger partial charge in [0.1, 0.15) is 12.4 Å².